The summed E-state index contributed by atoms with van der Waals surface area (Å²) in [5, 5.41) is 10.2. The van der Waals surface area contributed by atoms with E-state index in [0.29, 0.717) is 0 Å². The maximum absolute atomic E-state index is 10.2. The molecule has 0 aromatic carbocycles. The number of ether oxygens (including phenoxy) is 1. The maximum Gasteiger partial charge on any atom is 0.0793 e. The Hall–Kier alpha value is -0.160. The normalized spacial score (nSPS) is 31.8. The highest BCUT2D eigenvalue weighted by Gasteiger charge is 2.30. The molecule has 18 heavy (non-hydrogen) atoms. The second-order valence-electron chi connectivity index (χ2n) is 5.95. The van der Waals surface area contributed by atoms with E-state index in [-0.39, 0.29) is 18.3 Å². The minimum absolute atomic E-state index is 0.233. The van der Waals surface area contributed by atoms with Crippen molar-refractivity contribution < 1.29 is 9.84 Å². The van der Waals surface area contributed by atoms with Crippen molar-refractivity contribution in [2.45, 2.75) is 58.0 Å². The second-order valence-corrected chi connectivity index (χ2v) is 5.95. The van der Waals surface area contributed by atoms with Gasteiger partial charge in [-0.3, -0.25) is 9.80 Å². The topological polar surface area (TPSA) is 35.9 Å². The van der Waals surface area contributed by atoms with Gasteiger partial charge in [-0.25, -0.2) is 0 Å². The molecule has 0 spiro atoms. The summed E-state index contributed by atoms with van der Waals surface area (Å²) in [6.45, 7) is 10.9. The van der Waals surface area contributed by atoms with Gasteiger partial charge >= 0.3 is 0 Å². The molecule has 1 aliphatic heterocycles. The van der Waals surface area contributed by atoms with E-state index in [0.717, 1.165) is 38.8 Å². The molecule has 1 saturated carbocycles. The Labute approximate surface area is 111 Å². The standard InChI is InChI=1S/C14H28N2O2/c1-4-16(13-5-6-13)10-14(17)9-15-7-11(2)18-12(3)8-15/h11-14,17H,4-10H2,1-3H3. The van der Waals surface area contributed by atoms with Gasteiger partial charge in [0.2, 0.25) is 0 Å². The van der Waals surface area contributed by atoms with Crippen molar-refractivity contribution in [1.82, 2.24) is 9.80 Å². The lowest BCUT2D eigenvalue weighted by atomic mass is 10.2. The first-order valence-corrected chi connectivity index (χ1v) is 7.38. The molecule has 1 N–H and O–H groups in total. The number of hydrogen-bond donors (Lipinski definition) is 1. The first-order valence-electron chi connectivity index (χ1n) is 7.38. The van der Waals surface area contributed by atoms with E-state index < -0.39 is 0 Å². The first-order chi connectivity index (χ1) is 8.58. The van der Waals surface area contributed by atoms with E-state index >= 15 is 0 Å². The van der Waals surface area contributed by atoms with Crippen LogP contribution in [-0.4, -0.2) is 72.0 Å². The number of aliphatic hydroxyl groups excluding tert-OH is 1. The third kappa shape index (κ3) is 4.19. The average Bonchev–Trinajstić information content (AvgIpc) is 3.08. The van der Waals surface area contributed by atoms with E-state index in [9.17, 15) is 5.11 Å². The Bertz CT molecular complexity index is 248. The van der Waals surface area contributed by atoms with Gasteiger partial charge in [0.1, 0.15) is 0 Å². The predicted octanol–water partition coefficient (Wildman–Crippen LogP) is 0.941. The summed E-state index contributed by atoms with van der Waals surface area (Å²) in [5.74, 6) is 0. The van der Waals surface area contributed by atoms with Crippen molar-refractivity contribution in [2.75, 3.05) is 32.7 Å². The van der Waals surface area contributed by atoms with Gasteiger partial charge in [0.15, 0.2) is 0 Å². The lowest BCUT2D eigenvalue weighted by Crippen LogP contribution is -2.49. The molecule has 3 unspecified atom stereocenters. The molecular formula is C14H28N2O2. The van der Waals surface area contributed by atoms with E-state index in [1.165, 1.54) is 12.8 Å². The van der Waals surface area contributed by atoms with Crippen LogP contribution in [0.4, 0.5) is 0 Å². The van der Waals surface area contributed by atoms with Gasteiger partial charge < -0.3 is 9.84 Å². The zero-order valence-electron chi connectivity index (χ0n) is 12.0. The summed E-state index contributed by atoms with van der Waals surface area (Å²) in [7, 11) is 0. The third-order valence-corrected chi connectivity index (χ3v) is 3.88. The highest BCUT2D eigenvalue weighted by atomic mass is 16.5. The van der Waals surface area contributed by atoms with Crippen LogP contribution in [0.25, 0.3) is 0 Å². The van der Waals surface area contributed by atoms with Gasteiger partial charge in [-0.05, 0) is 33.2 Å². The number of morpholine rings is 1. The van der Waals surface area contributed by atoms with E-state index in [4.69, 9.17) is 4.74 Å². The second kappa shape index (κ2) is 6.33. The van der Waals surface area contributed by atoms with Gasteiger partial charge in [-0.2, -0.15) is 0 Å². The molecule has 4 heteroatoms. The molecule has 106 valence electrons. The quantitative estimate of drug-likeness (QED) is 0.767. The molecule has 0 aromatic heterocycles. The van der Waals surface area contributed by atoms with Crippen molar-refractivity contribution in [3.63, 3.8) is 0 Å². The average molecular weight is 256 g/mol. The fourth-order valence-electron chi connectivity index (χ4n) is 3.04. The zero-order chi connectivity index (χ0) is 13.1. The van der Waals surface area contributed by atoms with Crippen LogP contribution >= 0.6 is 0 Å². The number of likely N-dealkylation sites (N-methyl/N-ethyl adjacent to an activating group) is 1. The molecule has 3 atom stereocenters. The molecule has 4 nitrogen and oxygen atoms in total. The van der Waals surface area contributed by atoms with Crippen molar-refractivity contribution in [3.8, 4) is 0 Å². The molecule has 2 aliphatic rings. The smallest absolute Gasteiger partial charge is 0.0793 e. The summed E-state index contributed by atoms with van der Waals surface area (Å²) >= 11 is 0. The Balaban J connectivity index is 1.73. The van der Waals surface area contributed by atoms with E-state index in [2.05, 4.69) is 30.6 Å². The van der Waals surface area contributed by atoms with Gasteiger partial charge in [0.25, 0.3) is 0 Å². The molecule has 0 aromatic rings. The summed E-state index contributed by atoms with van der Waals surface area (Å²) in [5.41, 5.74) is 0. The number of aliphatic hydroxyl groups is 1. The number of nitrogens with zero attached hydrogens (tertiary/aromatic N) is 2. The first kappa shape index (κ1) is 14.3. The summed E-state index contributed by atoms with van der Waals surface area (Å²) < 4.78 is 5.71. The highest BCUT2D eigenvalue weighted by molar-refractivity contribution is 4.86. The Morgan fingerprint density at radius 1 is 1.28 bits per heavy atom. The van der Waals surface area contributed by atoms with Crippen LogP contribution in [0.2, 0.25) is 0 Å². The highest BCUT2D eigenvalue weighted by Crippen LogP contribution is 2.26. The minimum atomic E-state index is -0.233. The molecular weight excluding hydrogens is 228 g/mol. The number of hydrogen-bond acceptors (Lipinski definition) is 4. The zero-order valence-corrected chi connectivity index (χ0v) is 12.0. The Morgan fingerprint density at radius 2 is 1.89 bits per heavy atom. The van der Waals surface area contributed by atoms with E-state index in [1.54, 1.807) is 0 Å². The fraction of sp³-hybridized carbons (Fsp3) is 1.00. The van der Waals surface area contributed by atoms with Crippen molar-refractivity contribution in [2.24, 2.45) is 0 Å². The lowest BCUT2D eigenvalue weighted by Gasteiger charge is -2.37. The van der Waals surface area contributed by atoms with Crippen molar-refractivity contribution >= 4 is 0 Å². The maximum atomic E-state index is 10.2. The van der Waals surface area contributed by atoms with Crippen LogP contribution in [0.15, 0.2) is 0 Å². The number of β-amino-alcohol motifs (C(OH)–C–C–N with tert-alkyl or cyclic N) is 1. The predicted molar refractivity (Wildman–Crippen MR) is 72.7 cm³/mol. The summed E-state index contributed by atoms with van der Waals surface area (Å²) in [4.78, 5) is 4.75. The van der Waals surface area contributed by atoms with Gasteiger partial charge in [0.05, 0.1) is 18.3 Å². The molecule has 1 aliphatic carbocycles. The van der Waals surface area contributed by atoms with Crippen LogP contribution in [-0.2, 0) is 4.74 Å². The molecule has 2 fully saturated rings. The van der Waals surface area contributed by atoms with Gasteiger partial charge in [-0.15, -0.1) is 0 Å². The third-order valence-electron chi connectivity index (χ3n) is 3.88. The molecule has 0 radical (unpaired) electrons. The fourth-order valence-corrected chi connectivity index (χ4v) is 3.04. The molecule has 1 heterocycles. The Kier molecular flexibility index (Phi) is 5.01. The van der Waals surface area contributed by atoms with Crippen LogP contribution < -0.4 is 0 Å². The van der Waals surface area contributed by atoms with Gasteiger partial charge in [-0.1, -0.05) is 6.92 Å². The van der Waals surface area contributed by atoms with Crippen LogP contribution in [0.5, 0.6) is 0 Å². The SMILES string of the molecule is CCN(CC(O)CN1CC(C)OC(C)C1)C1CC1. The molecule has 2 rings (SSSR count). The van der Waals surface area contributed by atoms with E-state index in [1.807, 2.05) is 0 Å². The van der Waals surface area contributed by atoms with Crippen molar-refractivity contribution in [3.05, 3.63) is 0 Å². The Morgan fingerprint density at radius 3 is 2.39 bits per heavy atom. The van der Waals surface area contributed by atoms with Gasteiger partial charge in [0, 0.05) is 32.2 Å². The molecule has 1 saturated heterocycles. The van der Waals surface area contributed by atoms with Crippen LogP contribution in [0.3, 0.4) is 0 Å². The van der Waals surface area contributed by atoms with Crippen LogP contribution in [0.1, 0.15) is 33.6 Å². The van der Waals surface area contributed by atoms with Crippen LogP contribution in [0, 0.1) is 0 Å². The number of rotatable bonds is 6. The lowest BCUT2D eigenvalue weighted by molar-refractivity contribution is -0.0780. The minimum Gasteiger partial charge on any atom is -0.390 e. The summed E-state index contributed by atoms with van der Waals surface area (Å²) in [6.07, 6.45) is 2.96. The monoisotopic (exact) mass is 256 g/mol. The summed E-state index contributed by atoms with van der Waals surface area (Å²) in [6, 6.07) is 0.743. The molecule has 0 bridgehead atoms. The van der Waals surface area contributed by atoms with Crippen molar-refractivity contribution in [1.29, 1.82) is 0 Å². The molecule has 0 amide bonds. The largest absolute Gasteiger partial charge is 0.390 e.